The van der Waals surface area contributed by atoms with E-state index in [2.05, 4.69) is 24.4 Å². The molecule has 105 valence electrons. The zero-order valence-electron chi connectivity index (χ0n) is 11.9. The molecule has 0 spiro atoms. The van der Waals surface area contributed by atoms with Crippen LogP contribution in [-0.2, 0) is 11.2 Å². The number of benzene rings is 2. The van der Waals surface area contributed by atoms with Crippen LogP contribution in [-0.4, -0.2) is 11.9 Å². The molecule has 1 aliphatic rings. The van der Waals surface area contributed by atoms with Gasteiger partial charge in [0.05, 0.1) is 6.04 Å². The van der Waals surface area contributed by atoms with Gasteiger partial charge in [-0.1, -0.05) is 60.7 Å². The van der Waals surface area contributed by atoms with E-state index in [0.29, 0.717) is 6.42 Å². The minimum atomic E-state index is 0.0146. The van der Waals surface area contributed by atoms with Crippen molar-refractivity contribution in [3.05, 3.63) is 84.3 Å². The summed E-state index contributed by atoms with van der Waals surface area (Å²) in [4.78, 5) is 12.3. The summed E-state index contributed by atoms with van der Waals surface area (Å²) < 4.78 is 0. The van der Waals surface area contributed by atoms with Gasteiger partial charge in [-0.3, -0.25) is 4.79 Å². The van der Waals surface area contributed by atoms with E-state index < -0.39 is 0 Å². The molecule has 2 aromatic rings. The molecule has 3 rings (SSSR count). The van der Waals surface area contributed by atoms with Gasteiger partial charge in [-0.25, -0.2) is 0 Å². The van der Waals surface area contributed by atoms with Gasteiger partial charge in [-0.05, 0) is 36.5 Å². The Morgan fingerprint density at radius 3 is 2.19 bits per heavy atom. The average Bonchev–Trinajstić information content (AvgIpc) is 2.84. The van der Waals surface area contributed by atoms with Crippen molar-refractivity contribution in [2.24, 2.45) is 0 Å². The Bertz CT molecular complexity index is 658. The summed E-state index contributed by atoms with van der Waals surface area (Å²) in [6.07, 6.45) is 1.45. The largest absolute Gasteiger partial charge is 0.345 e. The normalized spacial score (nSPS) is 18.0. The summed E-state index contributed by atoms with van der Waals surface area (Å²) in [6, 6.07) is 20.1. The summed E-state index contributed by atoms with van der Waals surface area (Å²) in [6.45, 7) is 4.02. The second-order valence-electron chi connectivity index (χ2n) is 5.23. The first kappa shape index (κ1) is 13.6. The van der Waals surface area contributed by atoms with E-state index in [-0.39, 0.29) is 11.9 Å². The van der Waals surface area contributed by atoms with Crippen LogP contribution in [0.5, 0.6) is 0 Å². The van der Waals surface area contributed by atoms with Crippen molar-refractivity contribution >= 4 is 11.5 Å². The van der Waals surface area contributed by atoms with Crippen molar-refractivity contribution in [2.75, 3.05) is 0 Å². The summed E-state index contributed by atoms with van der Waals surface area (Å²) in [5, 5.41) is 3.10. The molecule has 1 atom stereocenters. The van der Waals surface area contributed by atoms with Gasteiger partial charge in [0.2, 0.25) is 0 Å². The minimum absolute atomic E-state index is 0.0146. The number of carbonyl (C=O) groups excluding carboxylic acids is 1. The number of hydrogen-bond donors (Lipinski definition) is 1. The lowest BCUT2D eigenvalue weighted by Crippen LogP contribution is -2.30. The Morgan fingerprint density at radius 1 is 0.952 bits per heavy atom. The maximum atomic E-state index is 12.3. The fourth-order valence-electron chi connectivity index (χ4n) is 2.88. The molecular weight excluding hydrogens is 258 g/mol. The van der Waals surface area contributed by atoms with Crippen LogP contribution < -0.4 is 5.32 Å². The molecule has 2 nitrogen and oxygen atoms in total. The Kier molecular flexibility index (Phi) is 3.87. The quantitative estimate of drug-likeness (QED) is 0.911. The van der Waals surface area contributed by atoms with Gasteiger partial charge in [-0.2, -0.15) is 0 Å². The number of hydrogen-bond acceptors (Lipinski definition) is 1. The number of rotatable bonds is 4. The molecule has 1 amide bonds. The van der Waals surface area contributed by atoms with Crippen LogP contribution in [0.1, 0.15) is 17.5 Å². The minimum Gasteiger partial charge on any atom is -0.345 e. The SMILES string of the molecule is [CH2]CC1=C(c2ccccc2)C(=O)NC1Cc1ccccc1. The van der Waals surface area contributed by atoms with E-state index >= 15 is 0 Å². The topological polar surface area (TPSA) is 29.1 Å². The van der Waals surface area contributed by atoms with Crippen molar-refractivity contribution in [1.29, 1.82) is 0 Å². The monoisotopic (exact) mass is 276 g/mol. The van der Waals surface area contributed by atoms with Crippen LogP contribution in [0, 0.1) is 6.92 Å². The zero-order valence-corrected chi connectivity index (χ0v) is 11.9. The highest BCUT2D eigenvalue weighted by Crippen LogP contribution is 2.30. The third kappa shape index (κ3) is 2.75. The Labute approximate surface area is 125 Å². The molecule has 0 aromatic heterocycles. The number of amides is 1. The molecule has 0 saturated heterocycles. The van der Waals surface area contributed by atoms with Crippen molar-refractivity contribution in [3.63, 3.8) is 0 Å². The van der Waals surface area contributed by atoms with E-state index in [9.17, 15) is 4.79 Å². The zero-order chi connectivity index (χ0) is 14.7. The smallest absolute Gasteiger partial charge is 0.252 e. The first-order valence-corrected chi connectivity index (χ1v) is 7.22. The maximum absolute atomic E-state index is 12.3. The second-order valence-corrected chi connectivity index (χ2v) is 5.23. The van der Waals surface area contributed by atoms with Gasteiger partial charge in [0.15, 0.2) is 0 Å². The molecule has 1 N–H and O–H groups in total. The first-order chi connectivity index (χ1) is 10.3. The second kappa shape index (κ2) is 5.96. The lowest BCUT2D eigenvalue weighted by Gasteiger charge is -2.14. The third-order valence-electron chi connectivity index (χ3n) is 3.89. The first-order valence-electron chi connectivity index (χ1n) is 7.22. The van der Waals surface area contributed by atoms with E-state index in [1.807, 2.05) is 48.5 Å². The van der Waals surface area contributed by atoms with Gasteiger partial charge in [0.25, 0.3) is 5.91 Å². The molecule has 0 aliphatic carbocycles. The van der Waals surface area contributed by atoms with Gasteiger partial charge in [0.1, 0.15) is 0 Å². The molecule has 1 unspecified atom stereocenters. The Balaban J connectivity index is 1.94. The molecule has 1 radical (unpaired) electrons. The Morgan fingerprint density at radius 2 is 1.57 bits per heavy atom. The predicted molar refractivity (Wildman–Crippen MR) is 85.4 cm³/mol. The van der Waals surface area contributed by atoms with Gasteiger partial charge in [0, 0.05) is 5.57 Å². The molecule has 0 bridgehead atoms. The average molecular weight is 276 g/mol. The van der Waals surface area contributed by atoms with Crippen LogP contribution in [0.15, 0.2) is 66.2 Å². The highest BCUT2D eigenvalue weighted by atomic mass is 16.2. The van der Waals surface area contributed by atoms with Gasteiger partial charge in [-0.15, -0.1) is 0 Å². The Hall–Kier alpha value is -2.35. The van der Waals surface area contributed by atoms with Gasteiger partial charge < -0.3 is 5.32 Å². The molecule has 1 heterocycles. The van der Waals surface area contributed by atoms with Crippen LogP contribution in [0.3, 0.4) is 0 Å². The number of nitrogens with one attached hydrogen (secondary N) is 1. The molecule has 21 heavy (non-hydrogen) atoms. The van der Waals surface area contributed by atoms with Crippen molar-refractivity contribution in [3.8, 4) is 0 Å². The summed E-state index contributed by atoms with van der Waals surface area (Å²) >= 11 is 0. The fourth-order valence-corrected chi connectivity index (χ4v) is 2.88. The fraction of sp³-hybridized carbons (Fsp3) is 0.158. The maximum Gasteiger partial charge on any atom is 0.252 e. The lowest BCUT2D eigenvalue weighted by molar-refractivity contribution is -0.115. The highest BCUT2D eigenvalue weighted by Gasteiger charge is 2.30. The molecule has 2 heteroatoms. The summed E-state index contributed by atoms with van der Waals surface area (Å²) in [5.41, 5.74) is 4.11. The molecule has 0 fully saturated rings. The number of carbonyl (C=O) groups is 1. The van der Waals surface area contributed by atoms with Crippen LogP contribution in [0.2, 0.25) is 0 Å². The summed E-state index contributed by atoms with van der Waals surface area (Å²) in [7, 11) is 0. The predicted octanol–water partition coefficient (Wildman–Crippen LogP) is 3.41. The van der Waals surface area contributed by atoms with Crippen LogP contribution >= 0.6 is 0 Å². The standard InChI is InChI=1S/C19H18NO/c1-2-16-17(13-14-9-5-3-6-10-14)20-19(21)18(16)15-11-7-4-8-12-15/h3-12,17H,1-2,13H2,(H,20,21). The van der Waals surface area contributed by atoms with Crippen LogP contribution in [0.4, 0.5) is 0 Å². The molecule has 0 saturated carbocycles. The van der Waals surface area contributed by atoms with Gasteiger partial charge >= 0.3 is 0 Å². The molecule has 2 aromatic carbocycles. The molecular formula is C19H18NO. The molecule has 1 aliphatic heterocycles. The lowest BCUT2D eigenvalue weighted by atomic mass is 9.93. The van der Waals surface area contributed by atoms with E-state index in [1.54, 1.807) is 0 Å². The van der Waals surface area contributed by atoms with E-state index in [4.69, 9.17) is 0 Å². The van der Waals surface area contributed by atoms with Crippen molar-refractivity contribution in [1.82, 2.24) is 5.32 Å². The van der Waals surface area contributed by atoms with Crippen molar-refractivity contribution in [2.45, 2.75) is 18.9 Å². The highest BCUT2D eigenvalue weighted by molar-refractivity contribution is 6.23. The third-order valence-corrected chi connectivity index (χ3v) is 3.89. The van der Waals surface area contributed by atoms with E-state index in [1.165, 1.54) is 5.56 Å². The van der Waals surface area contributed by atoms with E-state index in [0.717, 1.165) is 23.1 Å². The van der Waals surface area contributed by atoms with Crippen LogP contribution in [0.25, 0.3) is 5.57 Å². The van der Waals surface area contributed by atoms with Crippen molar-refractivity contribution < 1.29 is 4.79 Å². The summed E-state index contributed by atoms with van der Waals surface area (Å²) in [5.74, 6) is 0.0146.